The number of halogens is 1. The molecule has 1 amide bonds. The number of hydrogen-bond donors (Lipinski definition) is 2. The topological polar surface area (TPSA) is 41.1 Å². The summed E-state index contributed by atoms with van der Waals surface area (Å²) >= 11 is 0. The number of hydrogen-bond acceptors (Lipinski definition) is 2. The molecule has 3 rings (SSSR count). The Hall–Kier alpha value is -1.84. The summed E-state index contributed by atoms with van der Waals surface area (Å²) in [7, 11) is 0. The molecule has 3 nitrogen and oxygen atoms in total. The van der Waals surface area contributed by atoms with Gasteiger partial charge in [0.15, 0.2) is 0 Å². The minimum Gasteiger partial charge on any atom is -0.322 e. The summed E-state index contributed by atoms with van der Waals surface area (Å²) in [6, 6.07) is 12.1. The van der Waals surface area contributed by atoms with Crippen molar-refractivity contribution in [3.63, 3.8) is 0 Å². The second-order valence-electron chi connectivity index (χ2n) is 5.74. The van der Waals surface area contributed by atoms with Gasteiger partial charge in [-0.3, -0.25) is 4.79 Å². The fourth-order valence-electron chi connectivity index (χ4n) is 2.87. The highest BCUT2D eigenvalue weighted by molar-refractivity contribution is 6.04. The molecule has 2 N–H and O–H groups in total. The first-order chi connectivity index (χ1) is 10.1. The third-order valence-electron chi connectivity index (χ3n) is 3.83. The highest BCUT2D eigenvalue weighted by atomic mass is 35.5. The molecule has 1 aliphatic rings. The smallest absolute Gasteiger partial charge is 0.255 e. The van der Waals surface area contributed by atoms with Crippen LogP contribution in [0.15, 0.2) is 36.4 Å². The average Bonchev–Trinajstić information content (AvgIpc) is 2.46. The van der Waals surface area contributed by atoms with Gasteiger partial charge in [0.1, 0.15) is 0 Å². The zero-order valence-electron chi connectivity index (χ0n) is 12.9. The summed E-state index contributed by atoms with van der Waals surface area (Å²) in [5.41, 5.74) is 6.44. The third-order valence-corrected chi connectivity index (χ3v) is 3.83. The molecule has 0 spiro atoms. The van der Waals surface area contributed by atoms with E-state index in [1.165, 1.54) is 11.1 Å². The van der Waals surface area contributed by atoms with Crippen LogP contribution in [0.25, 0.3) is 0 Å². The van der Waals surface area contributed by atoms with Crippen molar-refractivity contribution >= 4 is 24.0 Å². The van der Waals surface area contributed by atoms with Gasteiger partial charge >= 0.3 is 0 Å². The van der Waals surface area contributed by atoms with Gasteiger partial charge in [-0.15, -0.1) is 12.4 Å². The molecule has 1 aliphatic heterocycles. The van der Waals surface area contributed by atoms with Crippen molar-refractivity contribution in [2.24, 2.45) is 0 Å². The molecule has 0 bridgehead atoms. The molecule has 0 aliphatic carbocycles. The Morgan fingerprint density at radius 2 is 1.77 bits per heavy atom. The van der Waals surface area contributed by atoms with Crippen LogP contribution in [-0.4, -0.2) is 12.5 Å². The Labute approximate surface area is 137 Å². The van der Waals surface area contributed by atoms with Gasteiger partial charge in [0.05, 0.1) is 0 Å². The van der Waals surface area contributed by atoms with Gasteiger partial charge in [-0.25, -0.2) is 0 Å². The molecule has 0 aromatic heterocycles. The number of aryl methyl sites for hydroxylation is 2. The van der Waals surface area contributed by atoms with Crippen LogP contribution in [0, 0.1) is 13.8 Å². The van der Waals surface area contributed by atoms with Crippen molar-refractivity contribution < 1.29 is 4.79 Å². The van der Waals surface area contributed by atoms with E-state index >= 15 is 0 Å². The van der Waals surface area contributed by atoms with Gasteiger partial charge in [0, 0.05) is 17.8 Å². The Kier molecular flexibility index (Phi) is 5.22. The second-order valence-corrected chi connectivity index (χ2v) is 5.74. The zero-order valence-corrected chi connectivity index (χ0v) is 13.7. The minimum atomic E-state index is -0.0504. The maximum absolute atomic E-state index is 12.4. The van der Waals surface area contributed by atoms with Crippen LogP contribution in [0.3, 0.4) is 0 Å². The third kappa shape index (κ3) is 3.67. The molecule has 0 radical (unpaired) electrons. The number of amides is 1. The summed E-state index contributed by atoms with van der Waals surface area (Å²) in [5.74, 6) is -0.0504. The summed E-state index contributed by atoms with van der Waals surface area (Å²) in [6.07, 6.45) is 1.06. The van der Waals surface area contributed by atoms with E-state index in [0.717, 1.165) is 36.3 Å². The van der Waals surface area contributed by atoms with Crippen LogP contribution in [-0.2, 0) is 13.0 Å². The van der Waals surface area contributed by atoms with E-state index in [1.54, 1.807) is 0 Å². The van der Waals surface area contributed by atoms with E-state index < -0.39 is 0 Å². The fraction of sp³-hybridized carbons (Fsp3) is 0.278. The van der Waals surface area contributed by atoms with Crippen molar-refractivity contribution in [3.8, 4) is 0 Å². The van der Waals surface area contributed by atoms with Crippen molar-refractivity contribution in [1.82, 2.24) is 5.32 Å². The van der Waals surface area contributed by atoms with Crippen molar-refractivity contribution in [3.05, 3.63) is 64.2 Å². The number of rotatable bonds is 2. The Morgan fingerprint density at radius 1 is 1.05 bits per heavy atom. The Bertz CT molecular complexity index is 677. The molecule has 1 heterocycles. The molecule has 0 saturated carbocycles. The zero-order chi connectivity index (χ0) is 14.8. The SMILES string of the molecule is Cc1cc(C)cc(C(=O)Nc2ccc3c(c2)CNCC3)c1.Cl. The molecule has 0 saturated heterocycles. The minimum absolute atomic E-state index is 0. The highest BCUT2D eigenvalue weighted by Crippen LogP contribution is 2.20. The summed E-state index contributed by atoms with van der Waals surface area (Å²) in [6.45, 7) is 5.92. The standard InChI is InChI=1S/C18H20N2O.ClH/c1-12-7-13(2)9-15(8-12)18(21)20-17-4-3-14-5-6-19-11-16(14)10-17;/h3-4,7-10,19H,5-6,11H2,1-2H3,(H,20,21);1H. The van der Waals surface area contributed by atoms with Crippen molar-refractivity contribution in [1.29, 1.82) is 0 Å². The lowest BCUT2D eigenvalue weighted by molar-refractivity contribution is 0.102. The summed E-state index contributed by atoms with van der Waals surface area (Å²) in [4.78, 5) is 12.4. The monoisotopic (exact) mass is 316 g/mol. The molecule has 0 atom stereocenters. The van der Waals surface area contributed by atoms with Crippen molar-refractivity contribution in [2.75, 3.05) is 11.9 Å². The number of benzene rings is 2. The van der Waals surface area contributed by atoms with Gasteiger partial charge < -0.3 is 10.6 Å². The van der Waals surface area contributed by atoms with E-state index in [1.807, 2.05) is 32.0 Å². The molecule has 2 aromatic rings. The highest BCUT2D eigenvalue weighted by Gasteiger charge is 2.11. The Balaban J connectivity index is 0.00000176. The predicted molar refractivity (Wildman–Crippen MR) is 93.0 cm³/mol. The van der Waals surface area contributed by atoms with Gasteiger partial charge in [-0.1, -0.05) is 23.3 Å². The van der Waals surface area contributed by atoms with E-state index in [4.69, 9.17) is 0 Å². The molecule has 22 heavy (non-hydrogen) atoms. The molecular weight excluding hydrogens is 296 g/mol. The molecule has 116 valence electrons. The normalized spacial score (nSPS) is 13.0. The van der Waals surface area contributed by atoms with E-state index in [0.29, 0.717) is 5.56 Å². The van der Waals surface area contributed by atoms with E-state index in [-0.39, 0.29) is 18.3 Å². The van der Waals surface area contributed by atoms with Crippen LogP contribution in [0.1, 0.15) is 32.6 Å². The number of fused-ring (bicyclic) bond motifs is 1. The lowest BCUT2D eigenvalue weighted by Gasteiger charge is -2.18. The first-order valence-electron chi connectivity index (χ1n) is 7.34. The fourth-order valence-corrected chi connectivity index (χ4v) is 2.87. The maximum atomic E-state index is 12.4. The lowest BCUT2D eigenvalue weighted by atomic mass is 10.0. The van der Waals surface area contributed by atoms with Crippen LogP contribution in [0.4, 0.5) is 5.69 Å². The van der Waals surface area contributed by atoms with Crippen LogP contribution >= 0.6 is 12.4 Å². The molecule has 2 aromatic carbocycles. The first kappa shape index (κ1) is 16.5. The number of carbonyl (C=O) groups is 1. The molecule has 4 heteroatoms. The Morgan fingerprint density at radius 3 is 2.50 bits per heavy atom. The summed E-state index contributed by atoms with van der Waals surface area (Å²) in [5, 5.41) is 6.35. The number of anilines is 1. The number of carbonyl (C=O) groups excluding carboxylic acids is 1. The van der Waals surface area contributed by atoms with Gasteiger partial charge in [-0.05, 0) is 62.2 Å². The maximum Gasteiger partial charge on any atom is 0.255 e. The van der Waals surface area contributed by atoms with Crippen molar-refractivity contribution in [2.45, 2.75) is 26.8 Å². The first-order valence-corrected chi connectivity index (χ1v) is 7.34. The molecule has 0 unspecified atom stereocenters. The van der Waals surface area contributed by atoms with Crippen LogP contribution in [0.2, 0.25) is 0 Å². The summed E-state index contributed by atoms with van der Waals surface area (Å²) < 4.78 is 0. The molecule has 0 fully saturated rings. The van der Waals surface area contributed by atoms with Gasteiger partial charge in [0.25, 0.3) is 5.91 Å². The average molecular weight is 317 g/mol. The van der Waals surface area contributed by atoms with E-state index in [2.05, 4.69) is 28.8 Å². The predicted octanol–water partition coefficient (Wildman–Crippen LogP) is 3.62. The quantitative estimate of drug-likeness (QED) is 0.888. The van der Waals surface area contributed by atoms with E-state index in [9.17, 15) is 4.79 Å². The molecular formula is C18H21ClN2O. The van der Waals surface area contributed by atoms with Gasteiger partial charge in [-0.2, -0.15) is 0 Å². The lowest BCUT2D eigenvalue weighted by Crippen LogP contribution is -2.23. The van der Waals surface area contributed by atoms with Crippen LogP contribution in [0.5, 0.6) is 0 Å². The van der Waals surface area contributed by atoms with Crippen LogP contribution < -0.4 is 10.6 Å². The second kappa shape index (κ2) is 6.95. The number of nitrogens with one attached hydrogen (secondary N) is 2. The van der Waals surface area contributed by atoms with Gasteiger partial charge in [0.2, 0.25) is 0 Å². The largest absolute Gasteiger partial charge is 0.322 e.